The highest BCUT2D eigenvalue weighted by molar-refractivity contribution is 6.03. The second-order valence-corrected chi connectivity index (χ2v) is 3.69. The molecule has 0 radical (unpaired) electrons. The van der Waals surface area contributed by atoms with Crippen LogP contribution in [0.5, 0.6) is 0 Å². The van der Waals surface area contributed by atoms with Gasteiger partial charge in [-0.1, -0.05) is 17.3 Å². The molecule has 1 heterocycles. The number of hydrogen-bond acceptors (Lipinski definition) is 4. The lowest BCUT2D eigenvalue weighted by molar-refractivity contribution is 0.102. The number of carbonyl (C=O) groups is 1. The normalized spacial score (nSPS) is 11.3. The molecule has 1 aromatic heterocycles. The molecular formula is C12H12N4O2. The summed E-state index contributed by atoms with van der Waals surface area (Å²) >= 11 is 0. The second kappa shape index (κ2) is 5.13. The molecule has 0 fully saturated rings. The van der Waals surface area contributed by atoms with Crippen molar-refractivity contribution in [2.75, 3.05) is 5.32 Å². The van der Waals surface area contributed by atoms with Gasteiger partial charge in [0, 0.05) is 11.9 Å². The third kappa shape index (κ3) is 2.54. The molecule has 2 rings (SSSR count). The van der Waals surface area contributed by atoms with Gasteiger partial charge in [-0.05, 0) is 30.7 Å². The Hall–Kier alpha value is -2.63. The number of amides is 1. The van der Waals surface area contributed by atoms with E-state index in [-0.39, 0.29) is 5.91 Å². The molecule has 0 aliphatic rings. The van der Waals surface area contributed by atoms with E-state index < -0.39 is 0 Å². The minimum Gasteiger partial charge on any atom is -0.411 e. The number of nitrogens with zero attached hydrogens (tertiary/aromatic N) is 2. The van der Waals surface area contributed by atoms with Crippen molar-refractivity contribution in [1.29, 1.82) is 0 Å². The van der Waals surface area contributed by atoms with Crippen molar-refractivity contribution in [3.8, 4) is 0 Å². The van der Waals surface area contributed by atoms with E-state index in [4.69, 9.17) is 5.21 Å². The highest BCUT2D eigenvalue weighted by Gasteiger charge is 2.07. The van der Waals surface area contributed by atoms with Crippen LogP contribution in [0.3, 0.4) is 0 Å². The third-order valence-corrected chi connectivity index (χ3v) is 2.46. The molecule has 0 saturated carbocycles. The number of rotatable bonds is 3. The molecule has 0 aliphatic carbocycles. The van der Waals surface area contributed by atoms with Crippen LogP contribution in [-0.4, -0.2) is 27.0 Å². The zero-order chi connectivity index (χ0) is 13.0. The largest absolute Gasteiger partial charge is 0.411 e. The van der Waals surface area contributed by atoms with Crippen LogP contribution in [0.15, 0.2) is 41.7 Å². The summed E-state index contributed by atoms with van der Waals surface area (Å²) in [5.74, 6) is -0.257. The maximum absolute atomic E-state index is 11.7. The average molecular weight is 244 g/mol. The molecule has 3 N–H and O–H groups in total. The summed E-state index contributed by atoms with van der Waals surface area (Å²) in [6.07, 6.45) is 1.51. The van der Waals surface area contributed by atoms with Gasteiger partial charge in [0.15, 0.2) is 0 Å². The number of oxime groups is 1. The van der Waals surface area contributed by atoms with Crippen molar-refractivity contribution >= 4 is 17.3 Å². The highest BCUT2D eigenvalue weighted by Crippen LogP contribution is 2.11. The Morgan fingerprint density at radius 2 is 2.06 bits per heavy atom. The minimum atomic E-state index is -0.257. The summed E-state index contributed by atoms with van der Waals surface area (Å²) in [6, 6.07) is 8.58. The number of nitrogens with one attached hydrogen (secondary N) is 2. The van der Waals surface area contributed by atoms with Crippen molar-refractivity contribution < 1.29 is 10.0 Å². The quantitative estimate of drug-likeness (QED) is 0.437. The van der Waals surface area contributed by atoms with Gasteiger partial charge in [-0.2, -0.15) is 5.10 Å². The number of benzene rings is 1. The van der Waals surface area contributed by atoms with Gasteiger partial charge in [-0.25, -0.2) is 0 Å². The number of anilines is 1. The van der Waals surface area contributed by atoms with Gasteiger partial charge < -0.3 is 10.5 Å². The van der Waals surface area contributed by atoms with Crippen LogP contribution < -0.4 is 5.32 Å². The lowest BCUT2D eigenvalue weighted by atomic mass is 10.1. The van der Waals surface area contributed by atoms with E-state index in [2.05, 4.69) is 20.7 Å². The fraction of sp³-hybridized carbons (Fsp3) is 0.0833. The summed E-state index contributed by atoms with van der Waals surface area (Å²) in [7, 11) is 0. The first-order chi connectivity index (χ1) is 8.70. The molecule has 1 aromatic carbocycles. The van der Waals surface area contributed by atoms with Gasteiger partial charge in [0.2, 0.25) is 0 Å². The summed E-state index contributed by atoms with van der Waals surface area (Å²) in [6.45, 7) is 1.69. The maximum Gasteiger partial charge on any atom is 0.273 e. The van der Waals surface area contributed by atoms with E-state index in [0.29, 0.717) is 17.1 Å². The van der Waals surface area contributed by atoms with Crippen molar-refractivity contribution in [3.05, 3.63) is 47.8 Å². The number of hydrogen-bond donors (Lipinski definition) is 3. The van der Waals surface area contributed by atoms with E-state index in [0.717, 1.165) is 5.56 Å². The average Bonchev–Trinajstić information content (AvgIpc) is 2.92. The van der Waals surface area contributed by atoms with Crippen LogP contribution in [-0.2, 0) is 0 Å². The summed E-state index contributed by atoms with van der Waals surface area (Å²) < 4.78 is 0. The van der Waals surface area contributed by atoms with Gasteiger partial charge in [-0.15, -0.1) is 0 Å². The van der Waals surface area contributed by atoms with Crippen LogP contribution in [0.25, 0.3) is 0 Å². The first-order valence-electron chi connectivity index (χ1n) is 5.30. The Labute approximate surface area is 103 Å². The van der Waals surface area contributed by atoms with Crippen LogP contribution in [0, 0.1) is 0 Å². The van der Waals surface area contributed by atoms with Crippen LogP contribution in [0.1, 0.15) is 23.0 Å². The summed E-state index contributed by atoms with van der Waals surface area (Å²) in [5.41, 5.74) is 2.36. The van der Waals surface area contributed by atoms with Gasteiger partial charge in [0.25, 0.3) is 5.91 Å². The molecule has 0 aliphatic heterocycles. The summed E-state index contributed by atoms with van der Waals surface area (Å²) in [4.78, 5) is 11.7. The van der Waals surface area contributed by atoms with Gasteiger partial charge in [-0.3, -0.25) is 9.89 Å². The molecule has 0 unspecified atom stereocenters. The number of aromatic amines is 1. The fourth-order valence-corrected chi connectivity index (χ4v) is 1.43. The van der Waals surface area contributed by atoms with E-state index >= 15 is 0 Å². The SMILES string of the molecule is CC(=NO)c1ccc(NC(=O)c2ccn[nH]2)cc1. The molecule has 6 heteroatoms. The Bertz CT molecular complexity index is 558. The van der Waals surface area contributed by atoms with Crippen molar-refractivity contribution in [2.45, 2.75) is 6.92 Å². The van der Waals surface area contributed by atoms with Crippen molar-refractivity contribution in [1.82, 2.24) is 10.2 Å². The van der Waals surface area contributed by atoms with Gasteiger partial charge in [0.05, 0.1) is 5.71 Å². The monoisotopic (exact) mass is 244 g/mol. The maximum atomic E-state index is 11.7. The topological polar surface area (TPSA) is 90.4 Å². The molecule has 18 heavy (non-hydrogen) atoms. The lowest BCUT2D eigenvalue weighted by Gasteiger charge is -2.04. The third-order valence-electron chi connectivity index (χ3n) is 2.46. The zero-order valence-electron chi connectivity index (χ0n) is 9.71. The van der Waals surface area contributed by atoms with Crippen LogP contribution >= 0.6 is 0 Å². The molecule has 0 atom stereocenters. The van der Waals surface area contributed by atoms with Crippen molar-refractivity contribution in [3.63, 3.8) is 0 Å². The molecule has 6 nitrogen and oxygen atoms in total. The van der Waals surface area contributed by atoms with Crippen LogP contribution in [0.2, 0.25) is 0 Å². The lowest BCUT2D eigenvalue weighted by Crippen LogP contribution is -2.12. The fourth-order valence-electron chi connectivity index (χ4n) is 1.43. The molecular weight excluding hydrogens is 232 g/mol. The van der Waals surface area contributed by atoms with E-state index in [9.17, 15) is 4.79 Å². The Morgan fingerprint density at radius 1 is 1.33 bits per heavy atom. The standard InChI is InChI=1S/C12H12N4O2/c1-8(16-18)9-2-4-10(5-3-9)14-12(17)11-6-7-13-15-11/h2-7,18H,1H3,(H,13,15)(H,14,17). The molecule has 1 amide bonds. The predicted molar refractivity (Wildman–Crippen MR) is 67.0 cm³/mol. The first kappa shape index (κ1) is 11.8. The molecule has 2 aromatic rings. The Kier molecular flexibility index (Phi) is 3.38. The van der Waals surface area contributed by atoms with E-state index in [1.165, 1.54) is 6.20 Å². The van der Waals surface area contributed by atoms with Gasteiger partial charge in [0.1, 0.15) is 5.69 Å². The Morgan fingerprint density at radius 3 is 2.61 bits per heavy atom. The molecule has 92 valence electrons. The van der Waals surface area contributed by atoms with Crippen molar-refractivity contribution in [2.24, 2.45) is 5.16 Å². The minimum absolute atomic E-state index is 0.257. The number of H-pyrrole nitrogens is 1. The van der Waals surface area contributed by atoms with Gasteiger partial charge >= 0.3 is 0 Å². The van der Waals surface area contributed by atoms with Crippen LogP contribution in [0.4, 0.5) is 5.69 Å². The van der Waals surface area contributed by atoms with E-state index in [1.807, 2.05) is 0 Å². The molecule has 0 spiro atoms. The number of aromatic nitrogens is 2. The summed E-state index contributed by atoms with van der Waals surface area (Å²) in [5, 5.41) is 20.7. The number of carbonyl (C=O) groups excluding carboxylic acids is 1. The second-order valence-electron chi connectivity index (χ2n) is 3.69. The highest BCUT2D eigenvalue weighted by atomic mass is 16.4. The first-order valence-corrected chi connectivity index (χ1v) is 5.30. The molecule has 0 saturated heterocycles. The smallest absolute Gasteiger partial charge is 0.273 e. The Balaban J connectivity index is 2.09. The predicted octanol–water partition coefficient (Wildman–Crippen LogP) is 1.86. The van der Waals surface area contributed by atoms with E-state index in [1.54, 1.807) is 37.3 Å². The zero-order valence-corrected chi connectivity index (χ0v) is 9.71. The molecule has 0 bridgehead atoms.